The Balaban J connectivity index is 2.97. The van der Waals surface area contributed by atoms with Gasteiger partial charge in [-0.05, 0) is 13.8 Å². The average molecular weight is 228 g/mol. The number of hydrogen-bond acceptors (Lipinski definition) is 5. The minimum Gasteiger partial charge on any atom is -0.421 e. The number of carbonyl (C=O) groups excluding carboxylic acids is 2. The van der Waals surface area contributed by atoms with Gasteiger partial charge in [0, 0.05) is 20.3 Å². The molecule has 0 aromatic heterocycles. The molecule has 1 saturated heterocycles. The maximum absolute atomic E-state index is 11.6. The summed E-state index contributed by atoms with van der Waals surface area (Å²) in [6, 6.07) is 0. The molecule has 1 N–H and O–H groups in total. The van der Waals surface area contributed by atoms with Crippen molar-refractivity contribution in [2.24, 2.45) is 0 Å². The molecular formula is C11H16O5. The van der Waals surface area contributed by atoms with E-state index in [0.717, 1.165) is 0 Å². The highest BCUT2D eigenvalue weighted by Crippen LogP contribution is 2.30. The molecule has 0 radical (unpaired) electrons. The van der Waals surface area contributed by atoms with Crippen molar-refractivity contribution in [3.05, 3.63) is 11.6 Å². The smallest absolute Gasteiger partial charge is 0.353 e. The number of allylic oxidation sites excluding steroid dienone is 1. The molecule has 0 bridgehead atoms. The van der Waals surface area contributed by atoms with E-state index in [9.17, 15) is 14.7 Å². The average Bonchev–Trinajstić information content (AvgIpc) is 2.13. The summed E-state index contributed by atoms with van der Waals surface area (Å²) < 4.78 is 9.69. The standard InChI is InChI=1S/C11H16O5/c1-5-7(2)6-11(14)8(12)15-10(3,4)16-9(11)13/h5,14H,6H2,1-4H3/b7-5+. The summed E-state index contributed by atoms with van der Waals surface area (Å²) in [6.07, 6.45) is 1.59. The summed E-state index contributed by atoms with van der Waals surface area (Å²) in [5.41, 5.74) is -1.51. The third kappa shape index (κ3) is 2.24. The van der Waals surface area contributed by atoms with E-state index >= 15 is 0 Å². The lowest BCUT2D eigenvalue weighted by atomic mass is 9.94. The van der Waals surface area contributed by atoms with Gasteiger partial charge in [0.05, 0.1) is 0 Å². The largest absolute Gasteiger partial charge is 0.421 e. The normalized spacial score (nSPS) is 23.7. The van der Waals surface area contributed by atoms with Crippen LogP contribution >= 0.6 is 0 Å². The molecule has 1 heterocycles. The SMILES string of the molecule is C/C=C(\C)CC1(O)C(=O)OC(C)(C)OC1=O. The molecule has 0 unspecified atom stereocenters. The molecule has 0 aliphatic carbocycles. The summed E-state index contributed by atoms with van der Waals surface area (Å²) in [7, 11) is 0. The molecule has 16 heavy (non-hydrogen) atoms. The Morgan fingerprint density at radius 2 is 1.75 bits per heavy atom. The Bertz CT molecular complexity index is 333. The molecule has 0 amide bonds. The minimum atomic E-state index is -2.22. The molecule has 5 nitrogen and oxygen atoms in total. The van der Waals surface area contributed by atoms with Crippen LogP contribution in [-0.2, 0) is 19.1 Å². The fourth-order valence-electron chi connectivity index (χ4n) is 1.37. The van der Waals surface area contributed by atoms with Crippen LogP contribution in [-0.4, -0.2) is 28.4 Å². The second-order valence-electron chi connectivity index (χ2n) is 4.35. The first-order chi connectivity index (χ1) is 7.21. The van der Waals surface area contributed by atoms with Crippen LogP contribution in [0, 0.1) is 0 Å². The van der Waals surface area contributed by atoms with E-state index in [2.05, 4.69) is 0 Å². The fraction of sp³-hybridized carbons (Fsp3) is 0.636. The number of ether oxygens (including phenoxy) is 2. The van der Waals surface area contributed by atoms with Gasteiger partial charge in [0.25, 0.3) is 11.4 Å². The van der Waals surface area contributed by atoms with Gasteiger partial charge in [-0.1, -0.05) is 11.6 Å². The summed E-state index contributed by atoms with van der Waals surface area (Å²) >= 11 is 0. The van der Waals surface area contributed by atoms with Crippen molar-refractivity contribution in [1.82, 2.24) is 0 Å². The van der Waals surface area contributed by atoms with Gasteiger partial charge in [-0.3, -0.25) is 0 Å². The highest BCUT2D eigenvalue weighted by molar-refractivity contribution is 6.05. The third-order valence-electron chi connectivity index (χ3n) is 2.38. The van der Waals surface area contributed by atoms with Crippen LogP contribution in [0.2, 0.25) is 0 Å². The van der Waals surface area contributed by atoms with Gasteiger partial charge in [-0.15, -0.1) is 0 Å². The van der Waals surface area contributed by atoms with Crippen LogP contribution < -0.4 is 0 Å². The second-order valence-corrected chi connectivity index (χ2v) is 4.35. The van der Waals surface area contributed by atoms with Gasteiger partial charge >= 0.3 is 11.9 Å². The van der Waals surface area contributed by atoms with Crippen molar-refractivity contribution in [3.8, 4) is 0 Å². The van der Waals surface area contributed by atoms with Crippen molar-refractivity contribution >= 4 is 11.9 Å². The van der Waals surface area contributed by atoms with E-state index in [1.54, 1.807) is 19.9 Å². The molecule has 1 aliphatic heterocycles. The lowest BCUT2D eigenvalue weighted by Gasteiger charge is -2.37. The van der Waals surface area contributed by atoms with Gasteiger partial charge in [-0.25, -0.2) is 9.59 Å². The monoisotopic (exact) mass is 228 g/mol. The predicted octanol–water partition coefficient (Wildman–Crippen LogP) is 0.910. The predicted molar refractivity (Wildman–Crippen MR) is 55.3 cm³/mol. The number of esters is 2. The molecule has 0 atom stereocenters. The van der Waals surface area contributed by atoms with Crippen LogP contribution in [0.25, 0.3) is 0 Å². The summed E-state index contributed by atoms with van der Waals surface area (Å²) in [5, 5.41) is 9.95. The fourth-order valence-corrected chi connectivity index (χ4v) is 1.37. The van der Waals surface area contributed by atoms with E-state index < -0.39 is 23.3 Å². The van der Waals surface area contributed by atoms with Gasteiger partial charge in [0.15, 0.2) is 0 Å². The zero-order chi connectivity index (χ0) is 12.6. The lowest BCUT2D eigenvalue weighted by Crippen LogP contribution is -2.58. The molecule has 1 fully saturated rings. The van der Waals surface area contributed by atoms with E-state index in [1.807, 2.05) is 0 Å². The zero-order valence-electron chi connectivity index (χ0n) is 9.86. The van der Waals surface area contributed by atoms with Crippen LogP contribution in [0.15, 0.2) is 11.6 Å². The number of aliphatic hydroxyl groups is 1. The highest BCUT2D eigenvalue weighted by Gasteiger charge is 2.55. The Morgan fingerprint density at radius 1 is 1.31 bits per heavy atom. The summed E-state index contributed by atoms with van der Waals surface area (Å²) in [6.45, 7) is 6.33. The quantitative estimate of drug-likeness (QED) is 0.432. The Kier molecular flexibility index (Phi) is 3.10. The van der Waals surface area contributed by atoms with Crippen LogP contribution in [0.3, 0.4) is 0 Å². The Labute approximate surface area is 94.0 Å². The van der Waals surface area contributed by atoms with Crippen molar-refractivity contribution in [2.45, 2.75) is 45.5 Å². The first kappa shape index (κ1) is 12.7. The van der Waals surface area contributed by atoms with Crippen LogP contribution in [0.5, 0.6) is 0 Å². The number of rotatable bonds is 2. The topological polar surface area (TPSA) is 72.8 Å². The Hall–Kier alpha value is -1.36. The van der Waals surface area contributed by atoms with Gasteiger partial charge < -0.3 is 14.6 Å². The molecule has 0 saturated carbocycles. The molecule has 0 aromatic carbocycles. The molecule has 5 heteroatoms. The molecule has 1 aliphatic rings. The molecule has 1 rings (SSSR count). The summed E-state index contributed by atoms with van der Waals surface area (Å²) in [5.74, 6) is -3.24. The van der Waals surface area contributed by atoms with E-state index in [1.165, 1.54) is 13.8 Å². The maximum Gasteiger partial charge on any atom is 0.353 e. The summed E-state index contributed by atoms with van der Waals surface area (Å²) in [4.78, 5) is 23.2. The first-order valence-electron chi connectivity index (χ1n) is 5.02. The van der Waals surface area contributed by atoms with Gasteiger partial charge in [-0.2, -0.15) is 0 Å². The van der Waals surface area contributed by atoms with Gasteiger partial charge in [0.2, 0.25) is 0 Å². The maximum atomic E-state index is 11.6. The van der Waals surface area contributed by atoms with Crippen LogP contribution in [0.1, 0.15) is 34.1 Å². The van der Waals surface area contributed by atoms with Gasteiger partial charge in [0.1, 0.15) is 0 Å². The number of hydrogen-bond donors (Lipinski definition) is 1. The third-order valence-corrected chi connectivity index (χ3v) is 2.38. The van der Waals surface area contributed by atoms with E-state index in [4.69, 9.17) is 9.47 Å². The van der Waals surface area contributed by atoms with Crippen LogP contribution in [0.4, 0.5) is 0 Å². The Morgan fingerprint density at radius 3 is 2.12 bits per heavy atom. The zero-order valence-corrected chi connectivity index (χ0v) is 9.86. The molecular weight excluding hydrogens is 212 g/mol. The van der Waals surface area contributed by atoms with E-state index in [0.29, 0.717) is 5.57 Å². The van der Waals surface area contributed by atoms with Crippen molar-refractivity contribution in [3.63, 3.8) is 0 Å². The van der Waals surface area contributed by atoms with Crippen molar-refractivity contribution in [2.75, 3.05) is 0 Å². The minimum absolute atomic E-state index is 0.114. The first-order valence-corrected chi connectivity index (χ1v) is 5.02. The van der Waals surface area contributed by atoms with Crippen molar-refractivity contribution < 1.29 is 24.2 Å². The number of carbonyl (C=O) groups is 2. The van der Waals surface area contributed by atoms with Crippen molar-refractivity contribution in [1.29, 1.82) is 0 Å². The number of cyclic esters (lactones) is 2. The molecule has 0 spiro atoms. The lowest BCUT2D eigenvalue weighted by molar-refractivity contribution is -0.259. The highest BCUT2D eigenvalue weighted by atomic mass is 16.8. The van der Waals surface area contributed by atoms with E-state index in [-0.39, 0.29) is 6.42 Å². The molecule has 0 aromatic rings. The second kappa shape index (κ2) is 3.90. The molecule has 90 valence electrons.